The smallest absolute Gasteiger partial charge is 0.137 e. The number of rotatable bonds is 8. The lowest BCUT2D eigenvalue weighted by atomic mass is 10.1. The summed E-state index contributed by atoms with van der Waals surface area (Å²) in [6.07, 6.45) is 13.4. The summed E-state index contributed by atoms with van der Waals surface area (Å²) in [5.41, 5.74) is 5.47. The number of ether oxygens (including phenoxy) is 2. The second-order valence-corrected chi connectivity index (χ2v) is 7.57. The van der Waals surface area contributed by atoms with E-state index < -0.39 is 0 Å². The van der Waals surface area contributed by atoms with Crippen LogP contribution in [0.3, 0.4) is 0 Å². The van der Waals surface area contributed by atoms with Gasteiger partial charge in [0, 0.05) is 41.2 Å². The first kappa shape index (κ1) is 21.2. The highest BCUT2D eigenvalue weighted by atomic mass is 16.5. The Labute approximate surface area is 196 Å². The van der Waals surface area contributed by atoms with Crippen molar-refractivity contribution in [2.75, 3.05) is 7.11 Å². The van der Waals surface area contributed by atoms with Crippen molar-refractivity contribution in [3.63, 3.8) is 0 Å². The lowest BCUT2D eigenvalue weighted by Crippen LogP contribution is -1.98. The van der Waals surface area contributed by atoms with Gasteiger partial charge in [0.05, 0.1) is 24.2 Å². The molecule has 4 heterocycles. The van der Waals surface area contributed by atoms with Crippen LogP contribution in [0, 0.1) is 0 Å². The molecule has 0 unspecified atom stereocenters. The molecule has 168 valence electrons. The third kappa shape index (κ3) is 4.88. The maximum Gasteiger partial charge on any atom is 0.137 e. The number of nitrogens with one attached hydrogen (secondary N) is 2. The predicted molar refractivity (Wildman–Crippen MR) is 134 cm³/mol. The average Bonchev–Trinajstić information content (AvgIpc) is 3.52. The number of aromatic nitrogens is 5. The first-order valence-corrected chi connectivity index (χ1v) is 10.8. The Morgan fingerprint density at radius 1 is 0.882 bits per heavy atom. The van der Waals surface area contributed by atoms with Crippen LogP contribution in [0.4, 0.5) is 0 Å². The van der Waals surface area contributed by atoms with Gasteiger partial charge >= 0.3 is 0 Å². The van der Waals surface area contributed by atoms with Crippen LogP contribution in [-0.4, -0.2) is 32.3 Å². The molecule has 0 spiro atoms. The zero-order valence-electron chi connectivity index (χ0n) is 18.6. The van der Waals surface area contributed by atoms with Crippen LogP contribution in [0.25, 0.3) is 35.3 Å². The van der Waals surface area contributed by atoms with E-state index in [0.29, 0.717) is 6.61 Å². The SMILES string of the molecule is COc1cc(OCc2ccccn2)ccc1C=Cc1cc(C=Cc2c[nH]c3ncccc23)n[nH]1. The largest absolute Gasteiger partial charge is 0.496 e. The Balaban J connectivity index is 1.26. The fraction of sp³-hybridized carbons (Fsp3) is 0.0741. The van der Waals surface area contributed by atoms with E-state index in [1.165, 1.54) is 0 Å². The highest BCUT2D eigenvalue weighted by Gasteiger charge is 2.05. The molecule has 2 N–H and O–H groups in total. The third-order valence-corrected chi connectivity index (χ3v) is 5.29. The molecule has 5 rings (SSSR count). The van der Waals surface area contributed by atoms with E-state index in [2.05, 4.69) is 25.1 Å². The monoisotopic (exact) mass is 449 g/mol. The minimum Gasteiger partial charge on any atom is -0.496 e. The number of hydrogen-bond donors (Lipinski definition) is 2. The van der Waals surface area contributed by atoms with E-state index in [1.807, 2.05) is 85.1 Å². The summed E-state index contributed by atoms with van der Waals surface area (Å²) in [5, 5.41) is 8.50. The van der Waals surface area contributed by atoms with Gasteiger partial charge in [-0.2, -0.15) is 5.10 Å². The Hall–Kier alpha value is -4.65. The summed E-state index contributed by atoms with van der Waals surface area (Å²) in [6.45, 7) is 0.401. The molecule has 0 aliphatic rings. The Kier molecular flexibility index (Phi) is 6.16. The number of aromatic amines is 2. The summed E-state index contributed by atoms with van der Waals surface area (Å²) in [7, 11) is 1.65. The summed E-state index contributed by atoms with van der Waals surface area (Å²) in [6, 6.07) is 17.5. The molecule has 7 nitrogen and oxygen atoms in total. The van der Waals surface area contributed by atoms with Crippen LogP contribution in [0.5, 0.6) is 11.5 Å². The molecule has 0 bridgehead atoms. The standard InChI is InChI=1S/C27H23N5O2/c1-33-26-16-24(34-18-23-5-2-3-13-28-23)12-9-19(26)7-10-21-15-22(32-31-21)11-8-20-17-30-27-25(20)6-4-14-29-27/h2-17H,18H2,1H3,(H,29,30)(H,31,32). The Bertz CT molecular complexity index is 1450. The van der Waals surface area contributed by atoms with Gasteiger partial charge in [-0.15, -0.1) is 0 Å². The topological polar surface area (TPSA) is 88.7 Å². The highest BCUT2D eigenvalue weighted by Crippen LogP contribution is 2.27. The number of nitrogens with zero attached hydrogens (tertiary/aromatic N) is 3. The fourth-order valence-corrected chi connectivity index (χ4v) is 3.55. The first-order valence-electron chi connectivity index (χ1n) is 10.8. The van der Waals surface area contributed by atoms with E-state index in [0.717, 1.165) is 50.7 Å². The summed E-state index contributed by atoms with van der Waals surface area (Å²) in [4.78, 5) is 11.8. The lowest BCUT2D eigenvalue weighted by molar-refractivity contribution is 0.299. The molecule has 4 aromatic heterocycles. The number of fused-ring (bicyclic) bond motifs is 1. The molecular weight excluding hydrogens is 426 g/mol. The fourth-order valence-electron chi connectivity index (χ4n) is 3.55. The van der Waals surface area contributed by atoms with Gasteiger partial charge in [-0.3, -0.25) is 10.1 Å². The van der Waals surface area contributed by atoms with Crippen LogP contribution in [-0.2, 0) is 6.61 Å². The lowest BCUT2D eigenvalue weighted by Gasteiger charge is -2.09. The van der Waals surface area contributed by atoms with Crippen LogP contribution in [0.2, 0.25) is 0 Å². The minimum absolute atomic E-state index is 0.401. The number of pyridine rings is 2. The second-order valence-electron chi connectivity index (χ2n) is 7.57. The second kappa shape index (κ2) is 9.87. The van der Waals surface area contributed by atoms with Crippen molar-refractivity contribution in [1.82, 2.24) is 25.1 Å². The summed E-state index contributed by atoms with van der Waals surface area (Å²) < 4.78 is 11.4. The Morgan fingerprint density at radius 3 is 2.68 bits per heavy atom. The Morgan fingerprint density at radius 2 is 1.79 bits per heavy atom. The number of methoxy groups -OCH3 is 1. The normalized spacial score (nSPS) is 11.6. The van der Waals surface area contributed by atoms with Gasteiger partial charge < -0.3 is 14.5 Å². The first-order chi connectivity index (χ1) is 16.8. The van der Waals surface area contributed by atoms with Gasteiger partial charge in [0.25, 0.3) is 0 Å². The van der Waals surface area contributed by atoms with Gasteiger partial charge in [0.1, 0.15) is 23.8 Å². The van der Waals surface area contributed by atoms with Gasteiger partial charge in [-0.05, 0) is 60.7 Å². The van der Waals surface area contributed by atoms with E-state index in [4.69, 9.17) is 9.47 Å². The quantitative estimate of drug-likeness (QED) is 0.321. The molecule has 7 heteroatoms. The van der Waals surface area contributed by atoms with Gasteiger partial charge in [-0.1, -0.05) is 12.1 Å². The third-order valence-electron chi connectivity index (χ3n) is 5.29. The summed E-state index contributed by atoms with van der Waals surface area (Å²) >= 11 is 0. The molecule has 0 fully saturated rings. The molecule has 0 radical (unpaired) electrons. The summed E-state index contributed by atoms with van der Waals surface area (Å²) in [5.74, 6) is 1.45. The minimum atomic E-state index is 0.401. The van der Waals surface area contributed by atoms with Crippen molar-refractivity contribution in [3.05, 3.63) is 101 Å². The van der Waals surface area contributed by atoms with Crippen molar-refractivity contribution in [1.29, 1.82) is 0 Å². The maximum atomic E-state index is 5.84. The molecule has 1 aromatic carbocycles. The molecule has 5 aromatic rings. The van der Waals surface area contributed by atoms with Crippen LogP contribution in [0.1, 0.15) is 28.2 Å². The number of benzene rings is 1. The van der Waals surface area contributed by atoms with Crippen molar-refractivity contribution in [3.8, 4) is 11.5 Å². The molecule has 34 heavy (non-hydrogen) atoms. The molecule has 0 aliphatic heterocycles. The molecule has 0 saturated carbocycles. The molecule has 0 amide bonds. The van der Waals surface area contributed by atoms with Crippen LogP contribution in [0.15, 0.2) is 73.2 Å². The van der Waals surface area contributed by atoms with Crippen molar-refractivity contribution in [2.24, 2.45) is 0 Å². The van der Waals surface area contributed by atoms with Crippen molar-refractivity contribution in [2.45, 2.75) is 6.61 Å². The highest BCUT2D eigenvalue weighted by molar-refractivity contribution is 5.89. The van der Waals surface area contributed by atoms with Gasteiger partial charge in [-0.25, -0.2) is 4.98 Å². The van der Waals surface area contributed by atoms with Crippen LogP contribution < -0.4 is 9.47 Å². The van der Waals surface area contributed by atoms with Crippen LogP contribution >= 0.6 is 0 Å². The number of hydrogen-bond acceptors (Lipinski definition) is 5. The van der Waals surface area contributed by atoms with Gasteiger partial charge in [0.15, 0.2) is 0 Å². The van der Waals surface area contributed by atoms with Crippen molar-refractivity contribution < 1.29 is 9.47 Å². The van der Waals surface area contributed by atoms with E-state index >= 15 is 0 Å². The van der Waals surface area contributed by atoms with E-state index in [1.54, 1.807) is 19.5 Å². The number of H-pyrrole nitrogens is 2. The van der Waals surface area contributed by atoms with E-state index in [9.17, 15) is 0 Å². The molecule has 0 aliphatic carbocycles. The molecule has 0 atom stereocenters. The average molecular weight is 450 g/mol. The predicted octanol–water partition coefficient (Wildman–Crippen LogP) is 5.61. The maximum absolute atomic E-state index is 5.84. The zero-order chi connectivity index (χ0) is 23.2. The van der Waals surface area contributed by atoms with Gasteiger partial charge in [0.2, 0.25) is 0 Å². The molecule has 0 saturated heterocycles. The van der Waals surface area contributed by atoms with Crippen molar-refractivity contribution >= 4 is 35.3 Å². The molecular formula is C27H23N5O2. The zero-order valence-corrected chi connectivity index (χ0v) is 18.6. The van der Waals surface area contributed by atoms with E-state index in [-0.39, 0.29) is 0 Å².